The molecule has 8 heteroatoms. The van der Waals surface area contributed by atoms with Crippen LogP contribution in [0.25, 0.3) is 0 Å². The number of nitrogens with zero attached hydrogens (tertiary/aromatic N) is 2. The topological polar surface area (TPSA) is 88.3 Å². The van der Waals surface area contributed by atoms with Gasteiger partial charge >= 0.3 is 0 Å². The number of nitrogen functional groups attached to an aromatic ring is 1. The summed E-state index contributed by atoms with van der Waals surface area (Å²) in [4.78, 5) is 0.0659. The molecular weight excluding hydrogens is 224 g/mol. The quantitative estimate of drug-likeness (QED) is 0.719. The summed E-state index contributed by atoms with van der Waals surface area (Å²) in [5.74, 6) is 0.0434. The third-order valence-corrected chi connectivity index (χ3v) is 3.42. The van der Waals surface area contributed by atoms with Gasteiger partial charge in [0.05, 0.1) is 0 Å². The molecule has 0 fully saturated rings. The molecule has 0 saturated carbocycles. The Morgan fingerprint density at radius 2 is 2.07 bits per heavy atom. The maximum Gasteiger partial charge on any atom is 0.182 e. The zero-order chi connectivity index (χ0) is 10.9. The van der Waals surface area contributed by atoms with Gasteiger partial charge < -0.3 is 11.2 Å². The summed E-state index contributed by atoms with van der Waals surface area (Å²) in [6.45, 7) is 0. The summed E-state index contributed by atoms with van der Waals surface area (Å²) < 4.78 is 26.5. The highest BCUT2D eigenvalue weighted by Crippen LogP contribution is 2.31. The molecular formula is C6H12N4O2S2. The second kappa shape index (κ2) is 3.71. The predicted molar refractivity (Wildman–Crippen MR) is 56.9 cm³/mol. The largest absolute Gasteiger partial charge is 0.382 e. The van der Waals surface area contributed by atoms with E-state index >= 15 is 0 Å². The minimum Gasteiger partial charge on any atom is -0.382 e. The van der Waals surface area contributed by atoms with Crippen LogP contribution in [0.5, 0.6) is 0 Å². The van der Waals surface area contributed by atoms with Gasteiger partial charge in [0, 0.05) is 20.4 Å². The van der Waals surface area contributed by atoms with Crippen molar-refractivity contribution in [3.05, 3.63) is 0 Å². The van der Waals surface area contributed by atoms with E-state index in [1.165, 1.54) is 0 Å². The molecule has 0 aliphatic rings. The molecule has 80 valence electrons. The molecule has 6 nitrogen and oxygen atoms in total. The highest BCUT2D eigenvalue weighted by Gasteiger charge is 2.21. The first kappa shape index (κ1) is 11.2. The predicted octanol–water partition coefficient (Wildman–Crippen LogP) is 0.0173. The van der Waals surface area contributed by atoms with Gasteiger partial charge in [-0.3, -0.25) is 0 Å². The van der Waals surface area contributed by atoms with E-state index in [1.54, 1.807) is 19.1 Å². The molecule has 1 aromatic heterocycles. The van der Waals surface area contributed by atoms with Crippen LogP contribution in [0.4, 0.5) is 10.8 Å². The minimum atomic E-state index is -3.33. The molecule has 1 rings (SSSR count). The van der Waals surface area contributed by atoms with E-state index in [1.807, 2.05) is 0 Å². The fourth-order valence-electron chi connectivity index (χ4n) is 0.927. The highest BCUT2D eigenvalue weighted by molar-refractivity contribution is 7.91. The Labute approximate surface area is 86.8 Å². The standard InChI is InChI=1S/C6H12N4O2S2/c1-10(2)8-6-4(14(3,11)12)5(7)9-13-6/h8H,1-3H3,(H2,7,9). The van der Waals surface area contributed by atoms with Crippen molar-refractivity contribution in [3.8, 4) is 0 Å². The van der Waals surface area contributed by atoms with E-state index in [0.717, 1.165) is 17.8 Å². The van der Waals surface area contributed by atoms with E-state index in [4.69, 9.17) is 5.73 Å². The molecule has 0 aliphatic carbocycles. The third kappa shape index (κ3) is 2.34. The van der Waals surface area contributed by atoms with Crippen molar-refractivity contribution in [2.75, 3.05) is 31.5 Å². The van der Waals surface area contributed by atoms with Crippen molar-refractivity contribution in [2.45, 2.75) is 4.90 Å². The summed E-state index contributed by atoms with van der Waals surface area (Å²) in [6, 6.07) is 0. The summed E-state index contributed by atoms with van der Waals surface area (Å²) in [5, 5.41) is 2.07. The van der Waals surface area contributed by atoms with Crippen LogP contribution in [-0.2, 0) is 9.84 Å². The van der Waals surface area contributed by atoms with Crippen molar-refractivity contribution in [1.82, 2.24) is 9.38 Å². The number of nitrogens with two attached hydrogens (primary N) is 1. The van der Waals surface area contributed by atoms with Crippen LogP contribution in [0.2, 0.25) is 0 Å². The molecule has 0 unspecified atom stereocenters. The molecule has 14 heavy (non-hydrogen) atoms. The summed E-state index contributed by atoms with van der Waals surface area (Å²) >= 11 is 1.02. The molecule has 0 aliphatic heterocycles. The lowest BCUT2D eigenvalue weighted by Crippen LogP contribution is -2.20. The number of sulfone groups is 1. The summed E-state index contributed by atoms with van der Waals surface area (Å²) in [6.07, 6.45) is 1.11. The maximum absolute atomic E-state index is 11.3. The Morgan fingerprint density at radius 3 is 2.50 bits per heavy atom. The molecule has 0 atom stereocenters. The van der Waals surface area contributed by atoms with Crippen molar-refractivity contribution in [2.24, 2.45) is 0 Å². The Morgan fingerprint density at radius 1 is 1.50 bits per heavy atom. The van der Waals surface area contributed by atoms with Crippen LogP contribution in [-0.4, -0.2) is 38.2 Å². The minimum absolute atomic E-state index is 0.0434. The van der Waals surface area contributed by atoms with Gasteiger partial charge in [0.2, 0.25) is 0 Å². The zero-order valence-electron chi connectivity index (χ0n) is 8.10. The van der Waals surface area contributed by atoms with E-state index in [-0.39, 0.29) is 10.7 Å². The lowest BCUT2D eigenvalue weighted by molar-refractivity contribution is 0.495. The fraction of sp³-hybridized carbons (Fsp3) is 0.500. The SMILES string of the molecule is CN(C)Nc1snc(N)c1S(C)(=O)=O. The number of aromatic nitrogens is 1. The molecule has 0 amide bonds. The molecule has 0 spiro atoms. The van der Waals surface area contributed by atoms with Crippen LogP contribution >= 0.6 is 11.5 Å². The van der Waals surface area contributed by atoms with Crippen molar-refractivity contribution < 1.29 is 8.42 Å². The van der Waals surface area contributed by atoms with Crippen molar-refractivity contribution >= 4 is 32.2 Å². The van der Waals surface area contributed by atoms with Crippen LogP contribution in [0.1, 0.15) is 0 Å². The molecule has 0 bridgehead atoms. The fourth-order valence-corrected chi connectivity index (χ4v) is 3.05. The average Bonchev–Trinajstić information content (AvgIpc) is 2.28. The number of hydrogen-bond acceptors (Lipinski definition) is 7. The summed E-state index contributed by atoms with van der Waals surface area (Å²) in [5.41, 5.74) is 8.30. The van der Waals surface area contributed by atoms with Crippen molar-refractivity contribution in [3.63, 3.8) is 0 Å². The van der Waals surface area contributed by atoms with Gasteiger partial charge in [-0.2, -0.15) is 4.37 Å². The molecule has 1 aromatic rings. The van der Waals surface area contributed by atoms with E-state index < -0.39 is 9.84 Å². The Kier molecular flexibility index (Phi) is 2.98. The number of hydrogen-bond donors (Lipinski definition) is 2. The molecule has 3 N–H and O–H groups in total. The normalized spacial score (nSPS) is 12.0. The van der Waals surface area contributed by atoms with Gasteiger partial charge in [-0.15, -0.1) is 0 Å². The van der Waals surface area contributed by atoms with Crippen LogP contribution < -0.4 is 11.2 Å². The first-order chi connectivity index (χ1) is 6.32. The number of rotatable bonds is 3. The van der Waals surface area contributed by atoms with E-state index in [0.29, 0.717) is 5.00 Å². The van der Waals surface area contributed by atoms with Crippen LogP contribution in [0, 0.1) is 0 Å². The zero-order valence-corrected chi connectivity index (χ0v) is 9.74. The number of nitrogens with one attached hydrogen (secondary N) is 1. The van der Waals surface area contributed by atoms with Gasteiger partial charge in [0.25, 0.3) is 0 Å². The second-order valence-corrected chi connectivity index (χ2v) is 5.73. The van der Waals surface area contributed by atoms with E-state index in [2.05, 4.69) is 9.80 Å². The average molecular weight is 236 g/mol. The lowest BCUT2D eigenvalue weighted by Gasteiger charge is -2.11. The van der Waals surface area contributed by atoms with Gasteiger partial charge in [0.15, 0.2) is 15.7 Å². The maximum atomic E-state index is 11.3. The molecule has 1 heterocycles. The summed E-state index contributed by atoms with van der Waals surface area (Å²) in [7, 11) is 0.171. The van der Waals surface area contributed by atoms with Crippen molar-refractivity contribution in [1.29, 1.82) is 0 Å². The first-order valence-corrected chi connectivity index (χ1v) is 6.38. The number of hydrazine groups is 1. The van der Waals surface area contributed by atoms with E-state index in [9.17, 15) is 8.42 Å². The number of anilines is 2. The molecule has 0 saturated heterocycles. The van der Waals surface area contributed by atoms with Gasteiger partial charge in [-0.05, 0) is 11.5 Å². The Bertz CT molecular complexity index is 423. The van der Waals surface area contributed by atoms with Crippen LogP contribution in [0.3, 0.4) is 0 Å². The van der Waals surface area contributed by atoms with Gasteiger partial charge in [-0.1, -0.05) is 0 Å². The molecule has 0 aromatic carbocycles. The van der Waals surface area contributed by atoms with Crippen LogP contribution in [0.15, 0.2) is 4.90 Å². The third-order valence-electron chi connectivity index (χ3n) is 1.37. The Hall–Kier alpha value is -0.860. The lowest BCUT2D eigenvalue weighted by atomic mass is 10.6. The van der Waals surface area contributed by atoms with Gasteiger partial charge in [-0.25, -0.2) is 13.4 Å². The second-order valence-electron chi connectivity index (χ2n) is 3.00. The van der Waals surface area contributed by atoms with Gasteiger partial charge in [0.1, 0.15) is 9.90 Å². The highest BCUT2D eigenvalue weighted by atomic mass is 32.2. The Balaban J connectivity index is 3.20. The first-order valence-electron chi connectivity index (χ1n) is 3.71. The molecule has 0 radical (unpaired) electrons. The monoisotopic (exact) mass is 236 g/mol. The smallest absolute Gasteiger partial charge is 0.182 e.